The molecular formula is C9H18N. The van der Waals surface area contributed by atoms with Gasteiger partial charge < -0.3 is 0 Å². The Morgan fingerprint density at radius 2 is 2.00 bits per heavy atom. The molecule has 1 fully saturated rings. The SMILES string of the molecule is CC(C)(C)N1C[CH]CCC1. The lowest BCUT2D eigenvalue weighted by atomic mass is 10.0. The maximum absolute atomic E-state index is 2.52. The summed E-state index contributed by atoms with van der Waals surface area (Å²) in [6, 6.07) is 0. The molecule has 0 saturated carbocycles. The van der Waals surface area contributed by atoms with Gasteiger partial charge in [0.1, 0.15) is 0 Å². The molecule has 10 heavy (non-hydrogen) atoms. The largest absolute Gasteiger partial charge is 0.298 e. The van der Waals surface area contributed by atoms with E-state index in [1.54, 1.807) is 0 Å². The van der Waals surface area contributed by atoms with Gasteiger partial charge in [-0.2, -0.15) is 0 Å². The van der Waals surface area contributed by atoms with Crippen molar-refractivity contribution in [3.05, 3.63) is 6.42 Å². The fraction of sp³-hybridized carbons (Fsp3) is 0.889. The van der Waals surface area contributed by atoms with Crippen LogP contribution in [-0.2, 0) is 0 Å². The van der Waals surface area contributed by atoms with Crippen LogP contribution in [0.3, 0.4) is 0 Å². The molecule has 1 heteroatoms. The molecule has 1 aliphatic rings. The molecule has 0 unspecified atom stereocenters. The molecule has 1 radical (unpaired) electrons. The first-order valence-corrected chi connectivity index (χ1v) is 4.17. The van der Waals surface area contributed by atoms with Gasteiger partial charge in [0, 0.05) is 12.1 Å². The van der Waals surface area contributed by atoms with Gasteiger partial charge in [0.2, 0.25) is 0 Å². The fourth-order valence-electron chi connectivity index (χ4n) is 1.37. The second kappa shape index (κ2) is 2.91. The van der Waals surface area contributed by atoms with Crippen molar-refractivity contribution in [3.8, 4) is 0 Å². The smallest absolute Gasteiger partial charge is 0.0125 e. The van der Waals surface area contributed by atoms with E-state index in [-0.39, 0.29) is 0 Å². The van der Waals surface area contributed by atoms with E-state index in [1.165, 1.54) is 25.9 Å². The predicted octanol–water partition coefficient (Wildman–Crippen LogP) is 2.08. The van der Waals surface area contributed by atoms with Crippen molar-refractivity contribution in [3.63, 3.8) is 0 Å². The maximum atomic E-state index is 2.52. The number of piperidine rings is 1. The maximum Gasteiger partial charge on any atom is 0.0125 e. The Bertz CT molecular complexity index is 95.8. The first-order chi connectivity index (χ1) is 4.61. The van der Waals surface area contributed by atoms with Crippen molar-refractivity contribution in [1.82, 2.24) is 4.90 Å². The molecular weight excluding hydrogens is 122 g/mol. The quantitative estimate of drug-likeness (QED) is 0.498. The Balaban J connectivity index is 2.39. The van der Waals surface area contributed by atoms with Gasteiger partial charge in [-0.25, -0.2) is 0 Å². The van der Waals surface area contributed by atoms with E-state index in [0.717, 1.165) is 0 Å². The number of nitrogens with zero attached hydrogens (tertiary/aromatic N) is 1. The fourth-order valence-corrected chi connectivity index (χ4v) is 1.37. The molecule has 1 rings (SSSR count). The van der Waals surface area contributed by atoms with Crippen molar-refractivity contribution in [1.29, 1.82) is 0 Å². The lowest BCUT2D eigenvalue weighted by Crippen LogP contribution is -2.44. The molecule has 1 aliphatic heterocycles. The molecule has 1 heterocycles. The first kappa shape index (κ1) is 8.06. The zero-order valence-electron chi connectivity index (χ0n) is 7.35. The van der Waals surface area contributed by atoms with Crippen molar-refractivity contribution in [2.24, 2.45) is 0 Å². The van der Waals surface area contributed by atoms with Gasteiger partial charge in [-0.05, 0) is 46.6 Å². The minimum Gasteiger partial charge on any atom is -0.298 e. The average molecular weight is 140 g/mol. The standard InChI is InChI=1S/C9H18N/c1-9(2,3)10-7-5-4-6-8-10/h5H,4,6-8H2,1-3H3. The molecule has 0 aromatic carbocycles. The molecule has 0 atom stereocenters. The van der Waals surface area contributed by atoms with Gasteiger partial charge in [-0.15, -0.1) is 0 Å². The van der Waals surface area contributed by atoms with E-state index in [2.05, 4.69) is 32.1 Å². The van der Waals surface area contributed by atoms with Crippen LogP contribution < -0.4 is 0 Å². The summed E-state index contributed by atoms with van der Waals surface area (Å²) >= 11 is 0. The molecule has 0 aromatic rings. The van der Waals surface area contributed by atoms with Crippen LogP contribution >= 0.6 is 0 Å². The van der Waals surface area contributed by atoms with E-state index < -0.39 is 0 Å². The Hall–Kier alpha value is -0.0400. The number of hydrogen-bond acceptors (Lipinski definition) is 1. The number of likely N-dealkylation sites (tertiary alicyclic amines) is 1. The summed E-state index contributed by atoms with van der Waals surface area (Å²) in [6.07, 6.45) is 5.04. The summed E-state index contributed by atoms with van der Waals surface area (Å²) < 4.78 is 0. The minimum atomic E-state index is 0.372. The van der Waals surface area contributed by atoms with Gasteiger partial charge >= 0.3 is 0 Å². The molecule has 59 valence electrons. The monoisotopic (exact) mass is 140 g/mol. The summed E-state index contributed by atoms with van der Waals surface area (Å²) in [5, 5.41) is 0. The van der Waals surface area contributed by atoms with Crippen LogP contribution in [0.1, 0.15) is 33.6 Å². The third-order valence-corrected chi connectivity index (χ3v) is 2.13. The van der Waals surface area contributed by atoms with Crippen molar-refractivity contribution < 1.29 is 0 Å². The van der Waals surface area contributed by atoms with Crippen LogP contribution in [0.2, 0.25) is 0 Å². The number of hydrogen-bond donors (Lipinski definition) is 0. The highest BCUT2D eigenvalue weighted by Crippen LogP contribution is 2.18. The molecule has 0 spiro atoms. The van der Waals surface area contributed by atoms with E-state index in [1.807, 2.05) is 0 Å². The van der Waals surface area contributed by atoms with E-state index in [0.29, 0.717) is 5.54 Å². The van der Waals surface area contributed by atoms with Crippen LogP contribution in [0.4, 0.5) is 0 Å². The molecule has 1 nitrogen and oxygen atoms in total. The lowest BCUT2D eigenvalue weighted by molar-refractivity contribution is 0.131. The van der Waals surface area contributed by atoms with Crippen LogP contribution in [0.15, 0.2) is 0 Å². The van der Waals surface area contributed by atoms with Crippen LogP contribution in [-0.4, -0.2) is 23.5 Å². The number of rotatable bonds is 0. The average Bonchev–Trinajstić information content (AvgIpc) is 1.88. The van der Waals surface area contributed by atoms with Gasteiger partial charge in [-0.1, -0.05) is 0 Å². The zero-order valence-corrected chi connectivity index (χ0v) is 7.35. The molecule has 0 amide bonds. The topological polar surface area (TPSA) is 3.24 Å². The normalized spacial score (nSPS) is 23.1. The Labute approximate surface area is 64.4 Å². The highest BCUT2D eigenvalue weighted by atomic mass is 15.2. The van der Waals surface area contributed by atoms with E-state index >= 15 is 0 Å². The van der Waals surface area contributed by atoms with Crippen LogP contribution in [0.5, 0.6) is 0 Å². The van der Waals surface area contributed by atoms with Crippen LogP contribution in [0.25, 0.3) is 0 Å². The van der Waals surface area contributed by atoms with Crippen molar-refractivity contribution in [2.75, 3.05) is 13.1 Å². The van der Waals surface area contributed by atoms with Gasteiger partial charge in [0.05, 0.1) is 0 Å². The second-order valence-electron chi connectivity index (χ2n) is 4.05. The predicted molar refractivity (Wildman–Crippen MR) is 44.9 cm³/mol. The van der Waals surface area contributed by atoms with Gasteiger partial charge in [0.15, 0.2) is 0 Å². The zero-order chi connectivity index (χ0) is 7.61. The highest BCUT2D eigenvalue weighted by Gasteiger charge is 2.22. The molecule has 0 bridgehead atoms. The Morgan fingerprint density at radius 1 is 1.30 bits per heavy atom. The minimum absolute atomic E-state index is 0.372. The highest BCUT2D eigenvalue weighted by molar-refractivity contribution is 4.85. The van der Waals surface area contributed by atoms with E-state index in [9.17, 15) is 0 Å². The third kappa shape index (κ3) is 1.98. The van der Waals surface area contributed by atoms with Crippen molar-refractivity contribution in [2.45, 2.75) is 39.2 Å². The van der Waals surface area contributed by atoms with E-state index in [4.69, 9.17) is 0 Å². The molecule has 1 saturated heterocycles. The van der Waals surface area contributed by atoms with Gasteiger partial charge in [0.25, 0.3) is 0 Å². The summed E-state index contributed by atoms with van der Waals surface area (Å²) in [6.45, 7) is 9.31. The Kier molecular flexibility index (Phi) is 2.35. The van der Waals surface area contributed by atoms with Gasteiger partial charge in [-0.3, -0.25) is 4.90 Å². The first-order valence-electron chi connectivity index (χ1n) is 4.17. The summed E-state index contributed by atoms with van der Waals surface area (Å²) in [7, 11) is 0. The summed E-state index contributed by atoms with van der Waals surface area (Å²) in [4.78, 5) is 2.52. The molecule has 0 aromatic heterocycles. The summed E-state index contributed by atoms with van der Waals surface area (Å²) in [5.41, 5.74) is 0.372. The van der Waals surface area contributed by atoms with Crippen molar-refractivity contribution >= 4 is 0 Å². The lowest BCUT2D eigenvalue weighted by Gasteiger charge is -2.38. The molecule has 0 N–H and O–H groups in total. The Morgan fingerprint density at radius 3 is 2.30 bits per heavy atom. The summed E-state index contributed by atoms with van der Waals surface area (Å²) in [5.74, 6) is 0. The molecule has 0 aliphatic carbocycles. The van der Waals surface area contributed by atoms with Crippen LogP contribution in [0, 0.1) is 6.42 Å². The second-order valence-corrected chi connectivity index (χ2v) is 4.05. The third-order valence-electron chi connectivity index (χ3n) is 2.13.